The number of sulfone groups is 2. The highest BCUT2D eigenvalue weighted by atomic mass is 32.3. The Morgan fingerprint density at radius 2 is 1.15 bits per heavy atom. The van der Waals surface area contributed by atoms with Crippen molar-refractivity contribution in [3.05, 3.63) is 0 Å². The molecule has 0 aliphatic heterocycles. The summed E-state index contributed by atoms with van der Waals surface area (Å²) in [7, 11) is -21.9. The predicted octanol–water partition coefficient (Wildman–Crippen LogP) is -0.0884. The normalized spacial score (nSPS) is 17.2. The fourth-order valence-corrected chi connectivity index (χ4v) is 6.39. The van der Waals surface area contributed by atoms with Crippen LogP contribution in [-0.2, 0) is 40.9 Å². The number of rotatable bonds is 8. The summed E-state index contributed by atoms with van der Waals surface area (Å²) in [6.07, 6.45) is 0. The maximum atomic E-state index is 13.2. The van der Waals surface area contributed by atoms with Crippen LogP contribution in [-0.4, -0.2) is 64.7 Å². The van der Waals surface area contributed by atoms with E-state index in [-0.39, 0.29) is 0 Å². The van der Waals surface area contributed by atoms with Gasteiger partial charge in [-0.1, -0.05) is 0 Å². The Labute approximate surface area is 141 Å². The third-order valence-corrected chi connectivity index (χ3v) is 9.22. The number of halogens is 8. The lowest BCUT2D eigenvalue weighted by molar-refractivity contribution is -0.243. The SMILES string of the molecule is O=S([O-])C(F)(F)C(F)(F)C(F)(F)S(=O)(=O)CS(=O)(=O)C(F)(F)S(=O)(=O)O. The molecule has 0 fully saturated rings. The van der Waals surface area contributed by atoms with E-state index in [9.17, 15) is 69.1 Å². The summed E-state index contributed by atoms with van der Waals surface area (Å²) in [6, 6.07) is 0. The summed E-state index contributed by atoms with van der Waals surface area (Å²) in [4.78, 5) is 0. The lowest BCUT2D eigenvalue weighted by atomic mass is 10.3. The van der Waals surface area contributed by atoms with Gasteiger partial charge < -0.3 is 4.55 Å². The molecule has 0 rings (SSSR count). The van der Waals surface area contributed by atoms with E-state index in [1.165, 1.54) is 0 Å². The van der Waals surface area contributed by atoms with Crippen molar-refractivity contribution in [2.24, 2.45) is 0 Å². The molecule has 21 heteroatoms. The van der Waals surface area contributed by atoms with E-state index in [1.54, 1.807) is 0 Å². The number of hydrogen-bond donors (Lipinski definition) is 1. The fourth-order valence-electron chi connectivity index (χ4n) is 0.977. The largest absolute Gasteiger partial charge is 0.768 e. The van der Waals surface area contributed by atoms with E-state index in [0.717, 1.165) is 0 Å². The zero-order valence-corrected chi connectivity index (χ0v) is 14.3. The maximum absolute atomic E-state index is 13.2. The fraction of sp³-hybridized carbons (Fsp3) is 1.00. The second kappa shape index (κ2) is 6.46. The molecule has 0 saturated carbocycles. The van der Waals surface area contributed by atoms with Crippen molar-refractivity contribution < 1.29 is 73.7 Å². The lowest BCUT2D eigenvalue weighted by Crippen LogP contribution is -2.60. The van der Waals surface area contributed by atoms with Crippen molar-refractivity contribution in [3.8, 4) is 0 Å². The molecule has 0 heterocycles. The first-order valence-corrected chi connectivity index (χ1v) is 10.7. The molecule has 1 N–H and O–H groups in total. The summed E-state index contributed by atoms with van der Waals surface area (Å²) in [5, 5.41) is -18.0. The molecule has 0 aromatic rings. The molecule has 0 radical (unpaired) electrons. The van der Waals surface area contributed by atoms with Gasteiger partial charge in [0.05, 0.1) is 0 Å². The Morgan fingerprint density at radius 1 is 0.808 bits per heavy atom. The van der Waals surface area contributed by atoms with Crippen LogP contribution in [0, 0.1) is 0 Å². The molecule has 0 aliphatic rings. The summed E-state index contributed by atoms with van der Waals surface area (Å²) in [5.41, 5.74) is 0. The second-order valence-corrected chi connectivity index (χ2v) is 11.3. The van der Waals surface area contributed by atoms with Crippen LogP contribution in [0.4, 0.5) is 35.1 Å². The number of alkyl halides is 8. The summed E-state index contributed by atoms with van der Waals surface area (Å²) < 4.78 is 189. The quantitative estimate of drug-likeness (QED) is 0.280. The van der Waals surface area contributed by atoms with Crippen LogP contribution in [0.3, 0.4) is 0 Å². The van der Waals surface area contributed by atoms with Gasteiger partial charge in [0.1, 0.15) is 0 Å². The zero-order chi connectivity index (χ0) is 21.8. The van der Waals surface area contributed by atoms with Crippen LogP contribution < -0.4 is 0 Å². The van der Waals surface area contributed by atoms with Crippen molar-refractivity contribution in [2.75, 3.05) is 5.08 Å². The van der Waals surface area contributed by atoms with Gasteiger partial charge in [-0.2, -0.15) is 43.5 Å². The molecule has 0 aromatic carbocycles. The van der Waals surface area contributed by atoms with E-state index in [0.29, 0.717) is 0 Å². The van der Waals surface area contributed by atoms with Gasteiger partial charge in [-0.05, 0) is 0 Å². The van der Waals surface area contributed by atoms with Crippen LogP contribution >= 0.6 is 0 Å². The molecular formula is C5H3F8O9S4-. The minimum atomic E-state index is -7.62. The maximum Gasteiger partial charge on any atom is 0.471 e. The van der Waals surface area contributed by atoms with Gasteiger partial charge >= 0.3 is 31.1 Å². The van der Waals surface area contributed by atoms with Crippen molar-refractivity contribution in [1.82, 2.24) is 0 Å². The van der Waals surface area contributed by atoms with E-state index in [4.69, 9.17) is 4.55 Å². The van der Waals surface area contributed by atoms with E-state index >= 15 is 0 Å². The van der Waals surface area contributed by atoms with Crippen LogP contribution in [0.2, 0.25) is 0 Å². The summed E-state index contributed by atoms with van der Waals surface area (Å²) in [5.74, 6) is -7.37. The topological polar surface area (TPSA) is 163 Å². The average Bonchev–Trinajstić information content (AvgIpc) is 2.34. The molecule has 0 bridgehead atoms. The monoisotopic (exact) mass is 487 g/mol. The molecule has 9 nitrogen and oxygen atoms in total. The molecule has 158 valence electrons. The molecule has 26 heavy (non-hydrogen) atoms. The molecule has 1 atom stereocenters. The first-order chi connectivity index (χ1) is 10.9. The minimum absolute atomic E-state index is 3.88. The van der Waals surface area contributed by atoms with Crippen LogP contribution in [0.15, 0.2) is 0 Å². The Balaban J connectivity index is 6.42. The molecule has 1 unspecified atom stereocenters. The van der Waals surface area contributed by atoms with Crippen LogP contribution in [0.25, 0.3) is 0 Å². The molecular weight excluding hydrogens is 484 g/mol. The van der Waals surface area contributed by atoms with E-state index in [2.05, 4.69) is 0 Å². The Hall–Kier alpha value is -0.640. The summed E-state index contributed by atoms with van der Waals surface area (Å²) in [6.45, 7) is 0. The number of hydrogen-bond acceptors (Lipinski definition) is 8. The highest BCUT2D eigenvalue weighted by molar-refractivity contribution is 8.15. The Morgan fingerprint density at radius 3 is 1.42 bits per heavy atom. The average molecular weight is 487 g/mol. The van der Waals surface area contributed by atoms with Crippen LogP contribution in [0.1, 0.15) is 0 Å². The molecule has 0 spiro atoms. The first kappa shape index (κ1) is 25.4. The van der Waals surface area contributed by atoms with Gasteiger partial charge in [-0.25, -0.2) is 16.8 Å². The highest BCUT2D eigenvalue weighted by Gasteiger charge is 2.79. The van der Waals surface area contributed by atoms with Gasteiger partial charge in [0, 0.05) is 11.1 Å². The highest BCUT2D eigenvalue weighted by Crippen LogP contribution is 2.50. The van der Waals surface area contributed by atoms with Crippen molar-refractivity contribution in [3.63, 3.8) is 0 Å². The lowest BCUT2D eigenvalue weighted by Gasteiger charge is -2.33. The standard InChI is InChI=1S/C5H4F8O9S4/c6-2(7,3(8,9)23(14)15)4(10,11)24(16,17)1-25(18,19)5(12,13)26(20,21)22/h1H2,(H,14,15)(H,20,21,22)/p-1. The van der Waals surface area contributed by atoms with Crippen LogP contribution in [0.5, 0.6) is 0 Å². The minimum Gasteiger partial charge on any atom is -0.768 e. The molecule has 0 saturated heterocycles. The Bertz CT molecular complexity index is 902. The predicted molar refractivity (Wildman–Crippen MR) is 63.0 cm³/mol. The van der Waals surface area contributed by atoms with Gasteiger partial charge in [-0.15, -0.1) is 0 Å². The molecule has 0 aromatic heterocycles. The zero-order valence-electron chi connectivity index (χ0n) is 11.1. The van der Waals surface area contributed by atoms with Crippen molar-refractivity contribution in [1.29, 1.82) is 0 Å². The molecule has 0 aliphatic carbocycles. The second-order valence-electron chi connectivity index (χ2n) is 4.13. The van der Waals surface area contributed by atoms with Crippen molar-refractivity contribution >= 4 is 40.9 Å². The van der Waals surface area contributed by atoms with Crippen molar-refractivity contribution in [2.45, 2.75) is 21.0 Å². The van der Waals surface area contributed by atoms with E-state index < -0.39 is 67.0 Å². The molecule has 0 amide bonds. The third kappa shape index (κ3) is 3.68. The smallest absolute Gasteiger partial charge is 0.471 e. The summed E-state index contributed by atoms with van der Waals surface area (Å²) >= 11 is -5.39. The first-order valence-electron chi connectivity index (χ1n) is 4.92. The van der Waals surface area contributed by atoms with Gasteiger partial charge in [-0.3, -0.25) is 8.76 Å². The van der Waals surface area contributed by atoms with Gasteiger partial charge in [0.25, 0.3) is 0 Å². The third-order valence-electron chi connectivity index (χ3n) is 2.30. The van der Waals surface area contributed by atoms with E-state index in [1.807, 2.05) is 0 Å². The van der Waals surface area contributed by atoms with Gasteiger partial charge in [0.2, 0.25) is 19.7 Å². The van der Waals surface area contributed by atoms with Gasteiger partial charge in [0.15, 0.2) is 5.08 Å². The Kier molecular flexibility index (Phi) is 6.30.